The minimum Gasteiger partial charge on any atom is -0.165 e. The third-order valence-corrected chi connectivity index (χ3v) is 4.26. The summed E-state index contributed by atoms with van der Waals surface area (Å²) in [6.45, 7) is 0. The van der Waals surface area contributed by atoms with Crippen LogP contribution in [0.1, 0.15) is 44.9 Å². The Labute approximate surface area is 91.8 Å². The maximum atomic E-state index is 6.36. The normalized spacial score (nSPS) is 30.0. The zero-order valence-electron chi connectivity index (χ0n) is 8.60. The van der Waals surface area contributed by atoms with Crippen molar-refractivity contribution in [2.45, 2.75) is 50.3 Å². The molecule has 0 amide bonds. The first kappa shape index (κ1) is 11.7. The molecule has 0 saturated heterocycles. The third kappa shape index (κ3) is 4.60. The maximum absolute atomic E-state index is 6.36. The van der Waals surface area contributed by atoms with E-state index in [1.54, 1.807) is 0 Å². The molecular formula is C11H21ClS. The molecule has 1 rings (SSSR count). The minimum absolute atomic E-state index is 0.476. The van der Waals surface area contributed by atoms with E-state index in [9.17, 15) is 0 Å². The number of thioether (sulfide) groups is 1. The van der Waals surface area contributed by atoms with Crippen molar-refractivity contribution in [2.24, 2.45) is 5.92 Å². The molecule has 0 aromatic heterocycles. The van der Waals surface area contributed by atoms with Crippen molar-refractivity contribution in [1.29, 1.82) is 0 Å². The highest BCUT2D eigenvalue weighted by molar-refractivity contribution is 7.98. The topological polar surface area (TPSA) is 0 Å². The predicted molar refractivity (Wildman–Crippen MR) is 63.8 cm³/mol. The van der Waals surface area contributed by atoms with Crippen LogP contribution in [-0.2, 0) is 0 Å². The molecule has 0 heterocycles. The van der Waals surface area contributed by atoms with Crippen LogP contribution in [0.3, 0.4) is 0 Å². The first-order valence-corrected chi connectivity index (χ1v) is 7.30. The van der Waals surface area contributed by atoms with Crippen molar-refractivity contribution in [3.05, 3.63) is 0 Å². The van der Waals surface area contributed by atoms with Crippen LogP contribution in [0.15, 0.2) is 0 Å². The Hall–Kier alpha value is 0.640. The summed E-state index contributed by atoms with van der Waals surface area (Å²) in [5, 5.41) is 0.476. The molecule has 0 bridgehead atoms. The smallest absolute Gasteiger partial charge is 0.0364 e. The van der Waals surface area contributed by atoms with Gasteiger partial charge in [0, 0.05) is 5.38 Å². The van der Waals surface area contributed by atoms with Crippen molar-refractivity contribution in [3.63, 3.8) is 0 Å². The lowest BCUT2D eigenvalue weighted by Gasteiger charge is -2.18. The van der Waals surface area contributed by atoms with Gasteiger partial charge < -0.3 is 0 Å². The van der Waals surface area contributed by atoms with E-state index in [0.29, 0.717) is 5.38 Å². The average Bonchev–Trinajstić information content (AvgIpc) is 2.32. The lowest BCUT2D eigenvalue weighted by molar-refractivity contribution is 0.431. The number of rotatable bonds is 4. The second-order valence-corrected chi connectivity index (χ2v) is 5.60. The van der Waals surface area contributed by atoms with Gasteiger partial charge in [0.25, 0.3) is 0 Å². The fourth-order valence-electron chi connectivity index (χ4n) is 2.15. The summed E-state index contributed by atoms with van der Waals surface area (Å²) in [6.07, 6.45) is 11.7. The van der Waals surface area contributed by atoms with E-state index in [2.05, 4.69) is 6.26 Å². The molecule has 0 aromatic carbocycles. The highest BCUT2D eigenvalue weighted by atomic mass is 35.5. The Balaban J connectivity index is 2.19. The molecule has 0 radical (unpaired) electrons. The summed E-state index contributed by atoms with van der Waals surface area (Å²) in [5.41, 5.74) is 0. The molecular weight excluding hydrogens is 200 g/mol. The highest BCUT2D eigenvalue weighted by Crippen LogP contribution is 2.30. The molecule has 13 heavy (non-hydrogen) atoms. The average molecular weight is 221 g/mol. The van der Waals surface area contributed by atoms with Crippen LogP contribution in [0.25, 0.3) is 0 Å². The Morgan fingerprint density at radius 3 is 2.77 bits per heavy atom. The van der Waals surface area contributed by atoms with Gasteiger partial charge in [0.05, 0.1) is 0 Å². The molecule has 1 fully saturated rings. The van der Waals surface area contributed by atoms with E-state index in [-0.39, 0.29) is 0 Å². The monoisotopic (exact) mass is 220 g/mol. The predicted octanol–water partition coefficient (Wildman–Crippen LogP) is 4.32. The summed E-state index contributed by atoms with van der Waals surface area (Å²) in [5.74, 6) is 2.12. The molecule has 2 unspecified atom stereocenters. The molecule has 0 nitrogen and oxygen atoms in total. The van der Waals surface area contributed by atoms with E-state index in [1.165, 1.54) is 50.7 Å². The van der Waals surface area contributed by atoms with E-state index in [4.69, 9.17) is 11.6 Å². The zero-order valence-corrected chi connectivity index (χ0v) is 10.2. The van der Waals surface area contributed by atoms with Gasteiger partial charge in [-0.15, -0.1) is 11.6 Å². The van der Waals surface area contributed by atoms with Crippen LogP contribution in [0.4, 0.5) is 0 Å². The van der Waals surface area contributed by atoms with Crippen LogP contribution in [0.2, 0.25) is 0 Å². The SMILES string of the molecule is CSCCCC1CCCCCC1Cl. The van der Waals surface area contributed by atoms with Gasteiger partial charge in [-0.2, -0.15) is 11.8 Å². The van der Waals surface area contributed by atoms with Gasteiger partial charge in [-0.25, -0.2) is 0 Å². The maximum Gasteiger partial charge on any atom is 0.0364 e. The Kier molecular flexibility index (Phi) is 6.31. The quantitative estimate of drug-likeness (QED) is 0.387. The van der Waals surface area contributed by atoms with Crippen LogP contribution in [-0.4, -0.2) is 17.4 Å². The third-order valence-electron chi connectivity index (χ3n) is 2.99. The van der Waals surface area contributed by atoms with Gasteiger partial charge >= 0.3 is 0 Å². The molecule has 1 saturated carbocycles. The first-order chi connectivity index (χ1) is 6.34. The molecule has 2 atom stereocenters. The number of hydrogen-bond donors (Lipinski definition) is 0. The molecule has 0 aromatic rings. The van der Waals surface area contributed by atoms with Crippen LogP contribution in [0.5, 0.6) is 0 Å². The molecule has 1 aliphatic rings. The van der Waals surface area contributed by atoms with Crippen LogP contribution >= 0.6 is 23.4 Å². The largest absolute Gasteiger partial charge is 0.165 e. The van der Waals surface area contributed by atoms with Crippen molar-refractivity contribution in [2.75, 3.05) is 12.0 Å². The lowest BCUT2D eigenvalue weighted by Crippen LogP contribution is -2.13. The number of alkyl halides is 1. The summed E-state index contributed by atoms with van der Waals surface area (Å²) in [7, 11) is 0. The van der Waals surface area contributed by atoms with Crippen molar-refractivity contribution in [3.8, 4) is 0 Å². The van der Waals surface area contributed by atoms with E-state index >= 15 is 0 Å². The highest BCUT2D eigenvalue weighted by Gasteiger charge is 2.20. The summed E-state index contributed by atoms with van der Waals surface area (Å²) in [4.78, 5) is 0. The fraction of sp³-hybridized carbons (Fsp3) is 1.00. The molecule has 78 valence electrons. The summed E-state index contributed by atoms with van der Waals surface area (Å²) in [6, 6.07) is 0. The number of halogens is 1. The fourth-order valence-corrected chi connectivity index (χ4v) is 3.02. The molecule has 0 aliphatic heterocycles. The first-order valence-electron chi connectivity index (χ1n) is 5.47. The van der Waals surface area contributed by atoms with Crippen molar-refractivity contribution >= 4 is 23.4 Å². The van der Waals surface area contributed by atoms with Crippen LogP contribution < -0.4 is 0 Å². The van der Waals surface area contributed by atoms with Gasteiger partial charge in [0.15, 0.2) is 0 Å². The Morgan fingerprint density at radius 1 is 1.23 bits per heavy atom. The van der Waals surface area contributed by atoms with Crippen LogP contribution in [0, 0.1) is 5.92 Å². The standard InChI is InChI=1S/C11H21ClS/c1-13-9-5-7-10-6-3-2-4-8-11(10)12/h10-11H,2-9H2,1H3. The van der Waals surface area contributed by atoms with Crippen molar-refractivity contribution < 1.29 is 0 Å². The lowest BCUT2D eigenvalue weighted by atomic mass is 9.95. The zero-order chi connectivity index (χ0) is 9.52. The van der Waals surface area contributed by atoms with Gasteiger partial charge in [0.1, 0.15) is 0 Å². The second kappa shape index (κ2) is 7.00. The van der Waals surface area contributed by atoms with E-state index in [0.717, 1.165) is 5.92 Å². The molecule has 0 spiro atoms. The van der Waals surface area contributed by atoms with E-state index in [1.807, 2.05) is 11.8 Å². The van der Waals surface area contributed by atoms with Gasteiger partial charge in [-0.1, -0.05) is 19.3 Å². The minimum atomic E-state index is 0.476. The van der Waals surface area contributed by atoms with Gasteiger partial charge in [-0.05, 0) is 43.6 Å². The van der Waals surface area contributed by atoms with Gasteiger partial charge in [-0.3, -0.25) is 0 Å². The summed E-state index contributed by atoms with van der Waals surface area (Å²) >= 11 is 8.31. The second-order valence-electron chi connectivity index (χ2n) is 4.05. The van der Waals surface area contributed by atoms with Crippen molar-refractivity contribution in [1.82, 2.24) is 0 Å². The van der Waals surface area contributed by atoms with E-state index < -0.39 is 0 Å². The Morgan fingerprint density at radius 2 is 2.00 bits per heavy atom. The molecule has 1 aliphatic carbocycles. The molecule has 0 N–H and O–H groups in total. The number of hydrogen-bond acceptors (Lipinski definition) is 1. The van der Waals surface area contributed by atoms with Gasteiger partial charge in [0.2, 0.25) is 0 Å². The summed E-state index contributed by atoms with van der Waals surface area (Å²) < 4.78 is 0. The Bertz CT molecular complexity index is 127. The molecule has 2 heteroatoms.